The molecule has 0 N–H and O–H groups in total. The fraction of sp³-hybridized carbons (Fsp3) is 0.733. The highest BCUT2D eigenvalue weighted by Crippen LogP contribution is 2.32. The van der Waals surface area contributed by atoms with Crippen LogP contribution >= 0.6 is 0 Å². The molecule has 8 nitrogen and oxygen atoms in total. The van der Waals surface area contributed by atoms with Crippen molar-refractivity contribution >= 4 is 21.5 Å². The molecule has 0 atom stereocenters. The number of hydrogen-bond donors (Lipinski definition) is 0. The molecular weight excluding hydrogens is 330 g/mol. The molecule has 9 heteroatoms. The summed E-state index contributed by atoms with van der Waals surface area (Å²) >= 11 is 0. The van der Waals surface area contributed by atoms with Crippen molar-refractivity contribution in [2.75, 3.05) is 62.3 Å². The van der Waals surface area contributed by atoms with Gasteiger partial charge in [0.25, 0.3) is 0 Å². The van der Waals surface area contributed by atoms with Gasteiger partial charge in [0.05, 0.1) is 30.3 Å². The second-order valence-corrected chi connectivity index (χ2v) is 8.71. The highest BCUT2D eigenvalue weighted by atomic mass is 32.2. The van der Waals surface area contributed by atoms with Crippen LogP contribution in [-0.4, -0.2) is 80.7 Å². The first kappa shape index (κ1) is 16.0. The zero-order chi connectivity index (χ0) is 16.6. The summed E-state index contributed by atoms with van der Waals surface area (Å²) in [6.45, 7) is 5.56. The molecule has 0 aromatic carbocycles. The van der Waals surface area contributed by atoms with Crippen molar-refractivity contribution in [3.63, 3.8) is 0 Å². The normalized spacial score (nSPS) is 23.5. The summed E-state index contributed by atoms with van der Waals surface area (Å²) < 4.78 is 31.7. The van der Waals surface area contributed by atoms with E-state index in [1.165, 1.54) is 0 Å². The minimum atomic E-state index is -3.06. The Morgan fingerprint density at radius 2 is 1.71 bits per heavy atom. The van der Waals surface area contributed by atoms with Crippen LogP contribution in [-0.2, 0) is 14.8 Å². The Morgan fingerprint density at radius 1 is 1.00 bits per heavy atom. The molecule has 132 valence electrons. The van der Waals surface area contributed by atoms with Gasteiger partial charge in [0.1, 0.15) is 0 Å². The summed E-state index contributed by atoms with van der Waals surface area (Å²) in [5, 5.41) is 8.24. The van der Waals surface area contributed by atoms with E-state index in [1.807, 2.05) is 6.07 Å². The van der Waals surface area contributed by atoms with Crippen molar-refractivity contribution in [3.8, 4) is 0 Å². The van der Waals surface area contributed by atoms with Crippen LogP contribution in [0.5, 0.6) is 0 Å². The zero-order valence-electron chi connectivity index (χ0n) is 13.7. The van der Waals surface area contributed by atoms with E-state index < -0.39 is 10.0 Å². The van der Waals surface area contributed by atoms with Crippen LogP contribution in [0.15, 0.2) is 12.3 Å². The number of ether oxygens (including phenoxy) is 1. The first-order valence-electron chi connectivity index (χ1n) is 8.54. The number of rotatable bonds is 4. The van der Waals surface area contributed by atoms with Gasteiger partial charge in [-0.1, -0.05) is 0 Å². The van der Waals surface area contributed by atoms with Gasteiger partial charge >= 0.3 is 0 Å². The molecule has 1 aliphatic carbocycles. The monoisotopic (exact) mass is 353 g/mol. The van der Waals surface area contributed by atoms with E-state index in [2.05, 4.69) is 20.0 Å². The van der Waals surface area contributed by atoms with Crippen LogP contribution in [0.25, 0.3) is 0 Å². The molecular formula is C15H23N5O3S. The molecule has 0 unspecified atom stereocenters. The van der Waals surface area contributed by atoms with Crippen LogP contribution in [0.2, 0.25) is 0 Å². The summed E-state index contributed by atoms with van der Waals surface area (Å²) in [4.78, 5) is 4.37. The summed E-state index contributed by atoms with van der Waals surface area (Å²) in [6, 6.07) is 2.05. The molecule has 3 fully saturated rings. The fourth-order valence-electron chi connectivity index (χ4n) is 3.24. The molecule has 4 rings (SSSR count). The SMILES string of the molecule is O=S(=O)(C1CC1)N1CCN(c2cnnc(N3CCOCC3)c2)CC1. The number of sulfonamides is 1. The van der Waals surface area contributed by atoms with Gasteiger partial charge < -0.3 is 14.5 Å². The fourth-order valence-corrected chi connectivity index (χ4v) is 5.07. The number of anilines is 2. The van der Waals surface area contributed by atoms with Gasteiger partial charge in [-0.25, -0.2) is 8.42 Å². The average molecular weight is 353 g/mol. The van der Waals surface area contributed by atoms with Gasteiger partial charge in [0.15, 0.2) is 5.82 Å². The average Bonchev–Trinajstić information content (AvgIpc) is 3.48. The predicted molar refractivity (Wildman–Crippen MR) is 90.8 cm³/mol. The van der Waals surface area contributed by atoms with Crippen LogP contribution in [0, 0.1) is 0 Å². The largest absolute Gasteiger partial charge is 0.378 e. The van der Waals surface area contributed by atoms with E-state index in [1.54, 1.807) is 10.5 Å². The molecule has 0 amide bonds. The quantitative estimate of drug-likeness (QED) is 0.749. The third-order valence-corrected chi connectivity index (χ3v) is 7.27. The van der Waals surface area contributed by atoms with E-state index in [4.69, 9.17) is 4.74 Å². The molecule has 0 radical (unpaired) electrons. The van der Waals surface area contributed by atoms with Gasteiger partial charge in [-0.05, 0) is 12.8 Å². The van der Waals surface area contributed by atoms with Gasteiger partial charge in [-0.2, -0.15) is 9.40 Å². The van der Waals surface area contributed by atoms with Crippen LogP contribution in [0.1, 0.15) is 12.8 Å². The van der Waals surface area contributed by atoms with Gasteiger partial charge in [-0.3, -0.25) is 0 Å². The number of nitrogens with zero attached hydrogens (tertiary/aromatic N) is 5. The lowest BCUT2D eigenvalue weighted by atomic mass is 10.3. The number of piperazine rings is 1. The summed E-state index contributed by atoms with van der Waals surface area (Å²) in [5.41, 5.74) is 1.01. The molecule has 24 heavy (non-hydrogen) atoms. The standard InChI is InChI=1S/C15H23N5O3S/c21-24(22,14-1-2-14)20-5-3-18(4-6-20)13-11-15(17-16-12-13)19-7-9-23-10-8-19/h11-12,14H,1-10H2. The highest BCUT2D eigenvalue weighted by molar-refractivity contribution is 7.90. The first-order valence-corrected chi connectivity index (χ1v) is 10.0. The lowest BCUT2D eigenvalue weighted by Gasteiger charge is -2.35. The third kappa shape index (κ3) is 3.20. The second-order valence-electron chi connectivity index (χ2n) is 6.50. The Kier molecular flexibility index (Phi) is 4.31. The minimum absolute atomic E-state index is 0.125. The molecule has 2 aliphatic heterocycles. The van der Waals surface area contributed by atoms with E-state index in [-0.39, 0.29) is 5.25 Å². The molecule has 1 aromatic rings. The summed E-state index contributed by atoms with van der Waals surface area (Å²) in [7, 11) is -3.06. The van der Waals surface area contributed by atoms with Crippen molar-refractivity contribution in [2.24, 2.45) is 0 Å². The molecule has 1 aromatic heterocycles. The summed E-state index contributed by atoms with van der Waals surface area (Å²) in [6.07, 6.45) is 3.40. The van der Waals surface area contributed by atoms with Gasteiger partial charge in [-0.15, -0.1) is 5.10 Å². The molecule has 0 bridgehead atoms. The van der Waals surface area contributed by atoms with Crippen molar-refractivity contribution < 1.29 is 13.2 Å². The molecule has 3 aliphatic rings. The minimum Gasteiger partial charge on any atom is -0.378 e. The number of morpholine rings is 1. The van der Waals surface area contributed by atoms with E-state index in [0.29, 0.717) is 39.4 Å². The van der Waals surface area contributed by atoms with Crippen LogP contribution in [0.4, 0.5) is 11.5 Å². The molecule has 3 heterocycles. The zero-order valence-corrected chi connectivity index (χ0v) is 14.5. The van der Waals surface area contributed by atoms with Gasteiger partial charge in [0.2, 0.25) is 10.0 Å². The topological polar surface area (TPSA) is 78.9 Å². The van der Waals surface area contributed by atoms with Crippen LogP contribution < -0.4 is 9.80 Å². The first-order chi connectivity index (χ1) is 11.6. The Hall–Kier alpha value is -1.45. The highest BCUT2D eigenvalue weighted by Gasteiger charge is 2.41. The van der Waals surface area contributed by atoms with E-state index >= 15 is 0 Å². The Bertz CT molecular complexity index is 680. The second kappa shape index (κ2) is 6.45. The van der Waals surface area contributed by atoms with Crippen molar-refractivity contribution in [2.45, 2.75) is 18.1 Å². The van der Waals surface area contributed by atoms with Gasteiger partial charge in [0, 0.05) is 45.3 Å². The lowest BCUT2D eigenvalue weighted by molar-refractivity contribution is 0.122. The smallest absolute Gasteiger partial charge is 0.217 e. The maximum Gasteiger partial charge on any atom is 0.217 e. The van der Waals surface area contributed by atoms with Crippen LogP contribution in [0.3, 0.4) is 0 Å². The van der Waals surface area contributed by atoms with Crippen molar-refractivity contribution in [1.82, 2.24) is 14.5 Å². The Labute approximate surface area is 142 Å². The van der Waals surface area contributed by atoms with E-state index in [9.17, 15) is 8.42 Å². The Morgan fingerprint density at radius 3 is 2.38 bits per heavy atom. The Balaban J connectivity index is 1.42. The molecule has 1 saturated carbocycles. The third-order valence-electron chi connectivity index (χ3n) is 4.87. The molecule has 2 saturated heterocycles. The predicted octanol–water partition coefficient (Wildman–Crippen LogP) is -0.0726. The van der Waals surface area contributed by atoms with Crippen molar-refractivity contribution in [3.05, 3.63) is 12.3 Å². The molecule has 0 spiro atoms. The maximum atomic E-state index is 12.3. The van der Waals surface area contributed by atoms with E-state index in [0.717, 1.165) is 37.4 Å². The number of aromatic nitrogens is 2. The lowest BCUT2D eigenvalue weighted by Crippen LogP contribution is -2.49. The summed E-state index contributed by atoms with van der Waals surface area (Å²) in [5.74, 6) is 0.865. The maximum absolute atomic E-state index is 12.3. The van der Waals surface area contributed by atoms with Crippen molar-refractivity contribution in [1.29, 1.82) is 0 Å². The number of hydrogen-bond acceptors (Lipinski definition) is 7.